The first-order valence-corrected chi connectivity index (χ1v) is 9.69. The number of esters is 2. The van der Waals surface area contributed by atoms with Gasteiger partial charge < -0.3 is 23.4 Å². The van der Waals surface area contributed by atoms with Gasteiger partial charge in [-0.1, -0.05) is 6.92 Å². The quantitative estimate of drug-likeness (QED) is 0.698. The van der Waals surface area contributed by atoms with Crippen LogP contribution < -0.4 is 0 Å². The fourth-order valence-electron chi connectivity index (χ4n) is 6.37. The summed E-state index contributed by atoms with van der Waals surface area (Å²) < 4.78 is 30.0. The molecule has 8 unspecified atom stereocenters. The first kappa shape index (κ1) is 16.1. The molecule has 0 radical (unpaired) electrons. The van der Waals surface area contributed by atoms with Crippen LogP contribution in [0, 0.1) is 17.3 Å². The molecule has 4 aliphatic heterocycles. The van der Waals surface area contributed by atoms with Crippen molar-refractivity contribution >= 4 is 11.9 Å². The molecular formula is C20H22O7. The second-order valence-electron chi connectivity index (χ2n) is 9.00. The van der Waals surface area contributed by atoms with Crippen LogP contribution in [0.3, 0.4) is 0 Å². The smallest absolute Gasteiger partial charge is 0.315 e. The van der Waals surface area contributed by atoms with E-state index in [1.807, 2.05) is 6.92 Å². The van der Waals surface area contributed by atoms with Gasteiger partial charge in [0.25, 0.3) is 0 Å². The van der Waals surface area contributed by atoms with Crippen molar-refractivity contribution in [3.8, 4) is 0 Å². The number of ether oxygens (including phenoxy) is 4. The van der Waals surface area contributed by atoms with E-state index in [0.717, 1.165) is 18.4 Å². The van der Waals surface area contributed by atoms with Crippen LogP contribution in [-0.2, 0) is 28.5 Å². The van der Waals surface area contributed by atoms with Crippen molar-refractivity contribution in [3.05, 3.63) is 24.2 Å². The maximum atomic E-state index is 12.8. The fourth-order valence-corrected chi connectivity index (χ4v) is 6.37. The van der Waals surface area contributed by atoms with Crippen LogP contribution in [0.4, 0.5) is 0 Å². The maximum Gasteiger partial charge on any atom is 0.315 e. The van der Waals surface area contributed by atoms with Gasteiger partial charge in [-0.25, -0.2) is 0 Å². The molecule has 1 aromatic heterocycles. The van der Waals surface area contributed by atoms with Gasteiger partial charge in [-0.05, 0) is 25.8 Å². The molecule has 4 saturated heterocycles. The van der Waals surface area contributed by atoms with Crippen molar-refractivity contribution in [3.63, 3.8) is 0 Å². The van der Waals surface area contributed by atoms with E-state index in [-0.39, 0.29) is 24.0 Å². The molecule has 5 aliphatic rings. The van der Waals surface area contributed by atoms with E-state index >= 15 is 0 Å². The number of fused-ring (bicyclic) bond motifs is 3. The van der Waals surface area contributed by atoms with E-state index in [0.29, 0.717) is 12.8 Å². The minimum absolute atomic E-state index is 0.163. The van der Waals surface area contributed by atoms with Crippen LogP contribution in [0.1, 0.15) is 51.2 Å². The fraction of sp³-hybridized carbons (Fsp3) is 0.700. The topological polar surface area (TPSA) is 84.2 Å². The molecule has 1 aromatic rings. The van der Waals surface area contributed by atoms with Gasteiger partial charge >= 0.3 is 11.9 Å². The highest BCUT2D eigenvalue weighted by Crippen LogP contribution is 2.67. The number of hydrogen-bond donors (Lipinski definition) is 0. The van der Waals surface area contributed by atoms with E-state index in [1.165, 1.54) is 0 Å². The lowest BCUT2D eigenvalue weighted by Gasteiger charge is -2.64. The SMILES string of the molecule is CC12CC3OC(=O)C4CCCC(OC5C(c6ccoc6)OC(=O)C51)(O2)C34C. The van der Waals surface area contributed by atoms with Gasteiger partial charge in [0, 0.05) is 18.4 Å². The predicted molar refractivity (Wildman–Crippen MR) is 88.1 cm³/mol. The Morgan fingerprint density at radius 1 is 1.15 bits per heavy atom. The van der Waals surface area contributed by atoms with Gasteiger partial charge in [-0.3, -0.25) is 9.59 Å². The van der Waals surface area contributed by atoms with E-state index in [2.05, 4.69) is 6.92 Å². The molecule has 2 bridgehead atoms. The Morgan fingerprint density at radius 2 is 2.00 bits per heavy atom. The molecule has 0 aromatic carbocycles. The van der Waals surface area contributed by atoms with E-state index in [9.17, 15) is 9.59 Å². The minimum atomic E-state index is -0.948. The second kappa shape index (κ2) is 4.75. The van der Waals surface area contributed by atoms with Crippen LogP contribution in [0.25, 0.3) is 0 Å². The Balaban J connectivity index is 1.50. The molecule has 5 fully saturated rings. The summed E-state index contributed by atoms with van der Waals surface area (Å²) in [7, 11) is 0. The van der Waals surface area contributed by atoms with Crippen LogP contribution in [0.2, 0.25) is 0 Å². The number of rotatable bonds is 1. The van der Waals surface area contributed by atoms with Crippen LogP contribution in [-0.4, -0.2) is 35.5 Å². The highest BCUT2D eigenvalue weighted by Gasteiger charge is 2.78. The summed E-state index contributed by atoms with van der Waals surface area (Å²) >= 11 is 0. The highest BCUT2D eigenvalue weighted by atomic mass is 16.7. The molecule has 7 heteroatoms. The average Bonchev–Trinajstić information content (AvgIpc) is 3.28. The van der Waals surface area contributed by atoms with Crippen molar-refractivity contribution in [1.29, 1.82) is 0 Å². The normalized spacial score (nSPS) is 52.7. The summed E-state index contributed by atoms with van der Waals surface area (Å²) in [6.45, 7) is 3.99. The molecule has 1 saturated carbocycles. The van der Waals surface area contributed by atoms with Gasteiger partial charge in [0.05, 0.1) is 29.5 Å². The largest absolute Gasteiger partial charge is 0.472 e. The van der Waals surface area contributed by atoms with Gasteiger partial charge in [0.1, 0.15) is 18.1 Å². The molecular weight excluding hydrogens is 352 g/mol. The maximum absolute atomic E-state index is 12.8. The summed E-state index contributed by atoms with van der Waals surface area (Å²) in [5.74, 6) is -2.24. The lowest BCUT2D eigenvalue weighted by Crippen LogP contribution is -2.74. The Morgan fingerprint density at radius 3 is 2.78 bits per heavy atom. The summed E-state index contributed by atoms with van der Waals surface area (Å²) in [4.78, 5) is 25.4. The van der Waals surface area contributed by atoms with Crippen molar-refractivity contribution < 1.29 is 33.0 Å². The average molecular weight is 374 g/mol. The number of carbonyl (C=O) groups excluding carboxylic acids is 2. The summed E-state index contributed by atoms with van der Waals surface area (Å²) in [5, 5.41) is 0. The van der Waals surface area contributed by atoms with Crippen LogP contribution >= 0.6 is 0 Å². The lowest BCUT2D eigenvalue weighted by molar-refractivity contribution is -0.441. The van der Waals surface area contributed by atoms with Gasteiger partial charge in [0.2, 0.25) is 0 Å². The summed E-state index contributed by atoms with van der Waals surface area (Å²) in [5.41, 5.74) is -0.571. The third-order valence-electron chi connectivity index (χ3n) is 7.72. The first-order valence-electron chi connectivity index (χ1n) is 9.69. The van der Waals surface area contributed by atoms with E-state index < -0.39 is 34.9 Å². The number of carbonyl (C=O) groups is 2. The number of furan rings is 1. The van der Waals surface area contributed by atoms with Crippen molar-refractivity contribution in [2.45, 2.75) is 69.2 Å². The Kier molecular flexibility index (Phi) is 2.84. The molecule has 0 N–H and O–H groups in total. The Labute approximate surface area is 156 Å². The molecule has 6 rings (SSSR count). The van der Waals surface area contributed by atoms with Crippen molar-refractivity contribution in [2.75, 3.05) is 0 Å². The molecule has 7 nitrogen and oxygen atoms in total. The molecule has 0 amide bonds. The zero-order chi connectivity index (χ0) is 18.6. The monoisotopic (exact) mass is 374 g/mol. The Hall–Kier alpha value is -1.86. The van der Waals surface area contributed by atoms with E-state index in [1.54, 1.807) is 18.6 Å². The molecule has 144 valence electrons. The van der Waals surface area contributed by atoms with Crippen LogP contribution in [0.5, 0.6) is 0 Å². The molecule has 27 heavy (non-hydrogen) atoms. The molecule has 8 atom stereocenters. The third-order valence-corrected chi connectivity index (χ3v) is 7.72. The zero-order valence-corrected chi connectivity index (χ0v) is 15.3. The minimum Gasteiger partial charge on any atom is -0.472 e. The molecule has 5 heterocycles. The lowest BCUT2D eigenvalue weighted by atomic mass is 9.56. The van der Waals surface area contributed by atoms with Gasteiger partial charge in [-0.2, -0.15) is 0 Å². The molecule has 1 aliphatic carbocycles. The number of cyclic esters (lactones) is 1. The second-order valence-corrected chi connectivity index (χ2v) is 9.00. The summed E-state index contributed by atoms with van der Waals surface area (Å²) in [6, 6.07) is 1.80. The zero-order valence-electron chi connectivity index (χ0n) is 15.3. The Bertz CT molecular complexity index is 833. The van der Waals surface area contributed by atoms with Crippen LogP contribution in [0.15, 0.2) is 23.0 Å². The third kappa shape index (κ3) is 1.71. The van der Waals surface area contributed by atoms with Gasteiger partial charge in [0.15, 0.2) is 11.9 Å². The summed E-state index contributed by atoms with van der Waals surface area (Å²) in [6.07, 6.45) is 4.60. The van der Waals surface area contributed by atoms with Gasteiger partial charge in [-0.15, -0.1) is 0 Å². The first-order chi connectivity index (χ1) is 12.9. The standard InChI is InChI=1S/C20H22O7/c1-18-8-12-19(2)11(16(21)24-12)4-3-6-20(19,27-18)26-15-13(18)17(22)25-14(15)10-5-7-23-9-10/h5,7,9,11-15H,3-4,6,8H2,1-2H3. The van der Waals surface area contributed by atoms with E-state index in [4.69, 9.17) is 23.4 Å². The number of hydrogen-bond acceptors (Lipinski definition) is 7. The predicted octanol–water partition coefficient (Wildman–Crippen LogP) is 2.50. The molecule has 1 spiro atoms. The highest BCUT2D eigenvalue weighted by molar-refractivity contribution is 5.79. The van der Waals surface area contributed by atoms with Crippen molar-refractivity contribution in [2.24, 2.45) is 17.3 Å². The van der Waals surface area contributed by atoms with Crippen molar-refractivity contribution in [1.82, 2.24) is 0 Å².